The van der Waals surface area contributed by atoms with Crippen molar-refractivity contribution in [2.24, 2.45) is 0 Å². The van der Waals surface area contributed by atoms with Crippen molar-refractivity contribution in [3.8, 4) is 22.9 Å². The number of carbonyl (C=O) groups excluding carboxylic acids is 1. The summed E-state index contributed by atoms with van der Waals surface area (Å²) in [6, 6.07) is 16.1. The molecule has 1 aliphatic rings. The zero-order valence-corrected chi connectivity index (χ0v) is 21.7. The van der Waals surface area contributed by atoms with Crippen molar-refractivity contribution in [3.63, 3.8) is 0 Å². The summed E-state index contributed by atoms with van der Waals surface area (Å²) in [7, 11) is 0. The molecule has 0 bridgehead atoms. The van der Waals surface area contributed by atoms with E-state index in [2.05, 4.69) is 46.1 Å². The second-order valence-electron chi connectivity index (χ2n) is 9.70. The summed E-state index contributed by atoms with van der Waals surface area (Å²) in [5, 5.41) is 27.9. The summed E-state index contributed by atoms with van der Waals surface area (Å²) in [6.07, 6.45) is 4.84. The molecule has 1 aliphatic heterocycles. The molecule has 12 nitrogen and oxygen atoms in total. The number of hydrogen-bond acceptors (Lipinski definition) is 11. The quantitative estimate of drug-likeness (QED) is 0.228. The number of nitrogens with zero attached hydrogens (tertiary/aromatic N) is 6. The number of anilines is 3. The molecule has 0 fully saturated rings. The Morgan fingerprint density at radius 2 is 1.80 bits per heavy atom. The van der Waals surface area contributed by atoms with E-state index >= 15 is 0 Å². The van der Waals surface area contributed by atoms with Gasteiger partial charge in [0.1, 0.15) is 11.6 Å². The Balaban J connectivity index is 1.36. The zero-order chi connectivity index (χ0) is 27.7. The molecule has 5 heterocycles. The fourth-order valence-electron chi connectivity index (χ4n) is 4.44. The van der Waals surface area contributed by atoms with Gasteiger partial charge in [0, 0.05) is 18.6 Å². The number of amides is 1. The number of fused-ring (bicyclic) bond motifs is 1. The van der Waals surface area contributed by atoms with Gasteiger partial charge < -0.3 is 25.5 Å². The van der Waals surface area contributed by atoms with Crippen LogP contribution < -0.4 is 16.0 Å². The molecule has 1 amide bonds. The van der Waals surface area contributed by atoms with Crippen molar-refractivity contribution in [3.05, 3.63) is 90.0 Å². The largest absolute Gasteiger partial charge is 0.416 e. The monoisotopic (exact) mass is 535 g/mol. The van der Waals surface area contributed by atoms with Crippen LogP contribution in [0.5, 0.6) is 0 Å². The number of aliphatic hydroxyl groups is 1. The number of nitrogens with one attached hydrogen (secondary N) is 3. The van der Waals surface area contributed by atoms with Crippen LogP contribution in [0.1, 0.15) is 41.5 Å². The Labute approximate surface area is 229 Å². The molecule has 200 valence electrons. The van der Waals surface area contributed by atoms with E-state index in [4.69, 9.17) is 4.42 Å². The zero-order valence-electron chi connectivity index (χ0n) is 21.7. The van der Waals surface area contributed by atoms with Gasteiger partial charge in [-0.2, -0.15) is 4.98 Å². The van der Waals surface area contributed by atoms with Crippen molar-refractivity contribution in [2.45, 2.75) is 25.4 Å². The van der Waals surface area contributed by atoms with Crippen LogP contribution in [-0.2, 0) is 5.54 Å². The summed E-state index contributed by atoms with van der Waals surface area (Å²) in [5.74, 6) is 1.41. The second-order valence-corrected chi connectivity index (χ2v) is 9.70. The predicted molar refractivity (Wildman–Crippen MR) is 146 cm³/mol. The number of pyridine rings is 2. The first-order chi connectivity index (χ1) is 19.4. The van der Waals surface area contributed by atoms with Crippen molar-refractivity contribution in [2.75, 3.05) is 17.2 Å². The summed E-state index contributed by atoms with van der Waals surface area (Å²) < 4.78 is 5.94. The maximum absolute atomic E-state index is 12.3. The molecule has 0 saturated carbocycles. The van der Waals surface area contributed by atoms with Gasteiger partial charge in [0.25, 0.3) is 11.8 Å². The fourth-order valence-corrected chi connectivity index (χ4v) is 4.44. The molecule has 4 N–H and O–H groups in total. The number of carbonyl (C=O) groups is 1. The molecular formula is C28H25N9O3. The summed E-state index contributed by atoms with van der Waals surface area (Å²) in [4.78, 5) is 30.1. The van der Waals surface area contributed by atoms with E-state index in [1.54, 1.807) is 36.8 Å². The first kappa shape index (κ1) is 25.1. The topological polar surface area (TPSA) is 164 Å². The molecule has 0 aliphatic carbocycles. The highest BCUT2D eigenvalue weighted by Crippen LogP contribution is 2.33. The van der Waals surface area contributed by atoms with Crippen molar-refractivity contribution in [1.29, 1.82) is 0 Å². The molecule has 0 radical (unpaired) electrons. The Kier molecular flexibility index (Phi) is 6.36. The second kappa shape index (κ2) is 10.2. The van der Waals surface area contributed by atoms with Crippen LogP contribution in [0.15, 0.2) is 77.6 Å². The Morgan fingerprint density at radius 1 is 0.975 bits per heavy atom. The molecule has 40 heavy (non-hydrogen) atoms. The molecule has 6 rings (SSSR count). The van der Waals surface area contributed by atoms with Gasteiger partial charge in [0.05, 0.1) is 40.6 Å². The smallest absolute Gasteiger partial charge is 0.253 e. The van der Waals surface area contributed by atoms with Crippen LogP contribution in [0, 0.1) is 0 Å². The van der Waals surface area contributed by atoms with Crippen LogP contribution in [0.3, 0.4) is 0 Å². The Hall–Kier alpha value is -5.23. The lowest BCUT2D eigenvalue weighted by molar-refractivity contribution is 0.0940. The lowest BCUT2D eigenvalue weighted by Gasteiger charge is -2.20. The third-order valence-corrected chi connectivity index (χ3v) is 6.45. The SMILES string of the molecule is CC1(C)NC(=O)c2ccc(Nc3ncc(-c4nnc(-c5cccnc5)o4)c(N[C@H](CO)c4ccccc4)n3)nc21. The lowest BCUT2D eigenvalue weighted by Crippen LogP contribution is -2.33. The Bertz CT molecular complexity index is 1670. The van der Waals surface area contributed by atoms with E-state index in [0.717, 1.165) is 5.56 Å². The minimum atomic E-state index is -0.602. The maximum atomic E-state index is 12.3. The third-order valence-electron chi connectivity index (χ3n) is 6.45. The normalized spacial score (nSPS) is 14.3. The van der Waals surface area contributed by atoms with Gasteiger partial charge in [-0.05, 0) is 43.7 Å². The molecule has 12 heteroatoms. The Morgan fingerprint density at radius 3 is 2.58 bits per heavy atom. The van der Waals surface area contributed by atoms with E-state index in [1.165, 1.54) is 0 Å². The first-order valence-electron chi connectivity index (χ1n) is 12.6. The van der Waals surface area contributed by atoms with E-state index in [9.17, 15) is 9.90 Å². The average Bonchev–Trinajstić information content (AvgIpc) is 3.55. The molecular weight excluding hydrogens is 510 g/mol. The van der Waals surface area contributed by atoms with Crippen molar-refractivity contribution in [1.82, 2.24) is 35.5 Å². The number of hydrogen-bond donors (Lipinski definition) is 4. The third kappa shape index (κ3) is 4.83. The molecule has 0 spiro atoms. The van der Waals surface area contributed by atoms with Gasteiger partial charge in [-0.3, -0.25) is 9.78 Å². The van der Waals surface area contributed by atoms with E-state index < -0.39 is 11.6 Å². The molecule has 1 atom stereocenters. The highest BCUT2D eigenvalue weighted by Gasteiger charge is 2.36. The molecule has 5 aromatic rings. The van der Waals surface area contributed by atoms with E-state index in [1.807, 2.05) is 50.2 Å². The van der Waals surface area contributed by atoms with Gasteiger partial charge in [-0.1, -0.05) is 30.3 Å². The summed E-state index contributed by atoms with van der Waals surface area (Å²) >= 11 is 0. The highest BCUT2D eigenvalue weighted by molar-refractivity contribution is 5.99. The standard InChI is InChI=1S/C28H25N9O3/c1-28(2)22-18(24(39)35-28)10-11-21(32-22)33-27-30-14-19(26-37-36-25(40-26)17-9-6-12-29-13-17)23(34-27)31-20(15-38)16-7-4-3-5-8-16/h3-14,20,38H,15H2,1-2H3,(H,35,39)(H2,30,31,32,33,34)/t20-/m1/s1. The van der Waals surface area contributed by atoms with Crippen LogP contribution in [0.25, 0.3) is 22.9 Å². The summed E-state index contributed by atoms with van der Waals surface area (Å²) in [6.45, 7) is 3.59. The van der Waals surface area contributed by atoms with Crippen LogP contribution in [-0.4, -0.2) is 47.8 Å². The van der Waals surface area contributed by atoms with E-state index in [0.29, 0.717) is 39.9 Å². The van der Waals surface area contributed by atoms with Gasteiger partial charge >= 0.3 is 0 Å². The minimum Gasteiger partial charge on any atom is -0.416 e. The van der Waals surface area contributed by atoms with Crippen LogP contribution in [0.2, 0.25) is 0 Å². The number of aliphatic hydroxyl groups excluding tert-OH is 1. The number of aromatic nitrogens is 6. The van der Waals surface area contributed by atoms with Gasteiger partial charge in [0.15, 0.2) is 0 Å². The van der Waals surface area contributed by atoms with Crippen molar-refractivity contribution >= 4 is 23.5 Å². The predicted octanol–water partition coefficient (Wildman–Crippen LogP) is 3.85. The lowest BCUT2D eigenvalue weighted by atomic mass is 10.0. The fraction of sp³-hybridized carbons (Fsp3) is 0.179. The average molecular weight is 536 g/mol. The molecule has 0 saturated heterocycles. The number of rotatable bonds is 8. The first-order valence-corrected chi connectivity index (χ1v) is 12.6. The van der Waals surface area contributed by atoms with Crippen LogP contribution >= 0.6 is 0 Å². The van der Waals surface area contributed by atoms with Gasteiger partial charge in [-0.15, -0.1) is 10.2 Å². The van der Waals surface area contributed by atoms with Gasteiger partial charge in [0.2, 0.25) is 11.8 Å². The van der Waals surface area contributed by atoms with E-state index in [-0.39, 0.29) is 24.4 Å². The van der Waals surface area contributed by atoms with Gasteiger partial charge in [-0.25, -0.2) is 9.97 Å². The maximum Gasteiger partial charge on any atom is 0.253 e. The molecule has 1 aromatic carbocycles. The number of benzene rings is 1. The molecule has 0 unspecified atom stereocenters. The highest BCUT2D eigenvalue weighted by atomic mass is 16.4. The summed E-state index contributed by atoms with van der Waals surface area (Å²) in [5.41, 5.74) is 2.55. The van der Waals surface area contributed by atoms with Crippen molar-refractivity contribution < 1.29 is 14.3 Å². The molecule has 4 aromatic heterocycles. The van der Waals surface area contributed by atoms with Crippen LogP contribution in [0.4, 0.5) is 17.6 Å². The minimum absolute atomic E-state index is 0.160.